The lowest BCUT2D eigenvalue weighted by molar-refractivity contribution is -0.138. The fourth-order valence-corrected chi connectivity index (χ4v) is 4.50. The van der Waals surface area contributed by atoms with E-state index in [1.807, 2.05) is 0 Å². The van der Waals surface area contributed by atoms with Gasteiger partial charge in [-0.05, 0) is 49.4 Å². The fourth-order valence-electron chi connectivity index (χ4n) is 4.50. The second-order valence-electron chi connectivity index (χ2n) is 9.25. The van der Waals surface area contributed by atoms with Crippen molar-refractivity contribution in [2.75, 3.05) is 11.4 Å². The van der Waals surface area contributed by atoms with Crippen LogP contribution in [0.1, 0.15) is 34.1 Å². The Labute approximate surface area is 238 Å². The lowest BCUT2D eigenvalue weighted by Crippen LogP contribution is -2.53. The molecule has 2 amide bonds. The number of carbonyl (C=O) groups is 3. The van der Waals surface area contributed by atoms with E-state index in [0.29, 0.717) is 17.1 Å². The molecule has 2 N–H and O–H groups in total. The standard InChI is InChI=1S/C24H21F3N4O4.C6H5F/c1-2-30-22-17(18(13-20(32)33)29-31(22)16-9-4-3-5-10-16)12-19(23(30)35)28-21(34)14-7-6-8-15(11-14)24(25,26)27;7-6-4-2-1-3-5-6/h3-11,19H,2,12-13H2,1H3,(H,28,34)(H,32,33);1-5H. The van der Waals surface area contributed by atoms with Crippen LogP contribution in [0.2, 0.25) is 0 Å². The summed E-state index contributed by atoms with van der Waals surface area (Å²) < 4.78 is 52.6. The highest BCUT2D eigenvalue weighted by atomic mass is 19.4. The molecule has 3 aromatic carbocycles. The first-order valence-electron chi connectivity index (χ1n) is 12.9. The van der Waals surface area contributed by atoms with Crippen LogP contribution in [-0.2, 0) is 28.6 Å². The summed E-state index contributed by atoms with van der Waals surface area (Å²) in [6.45, 7) is 1.92. The maximum absolute atomic E-state index is 13.3. The molecule has 0 bridgehead atoms. The number of likely N-dealkylation sites (N-methyl/N-ethyl adjacent to an activating group) is 1. The minimum absolute atomic E-state index is 0.0508. The summed E-state index contributed by atoms with van der Waals surface area (Å²) in [6.07, 6.45) is -5.07. The molecular weight excluding hydrogens is 556 g/mol. The molecule has 0 fully saturated rings. The van der Waals surface area contributed by atoms with Crippen LogP contribution in [0.3, 0.4) is 0 Å². The number of carboxylic acids is 1. The summed E-state index contributed by atoms with van der Waals surface area (Å²) >= 11 is 0. The molecule has 0 saturated heterocycles. The number of hydrogen-bond donors (Lipinski definition) is 2. The number of para-hydroxylation sites is 1. The Balaban J connectivity index is 0.000000507. The van der Waals surface area contributed by atoms with Gasteiger partial charge in [0.2, 0.25) is 0 Å². The third-order valence-corrected chi connectivity index (χ3v) is 6.39. The van der Waals surface area contributed by atoms with Crippen molar-refractivity contribution in [3.8, 4) is 5.69 Å². The summed E-state index contributed by atoms with van der Waals surface area (Å²) in [5.74, 6) is -2.20. The molecule has 42 heavy (non-hydrogen) atoms. The number of anilines is 1. The van der Waals surface area contributed by atoms with Crippen molar-refractivity contribution in [1.29, 1.82) is 0 Å². The van der Waals surface area contributed by atoms with E-state index in [1.54, 1.807) is 55.5 Å². The molecule has 2 heterocycles. The van der Waals surface area contributed by atoms with Crippen molar-refractivity contribution in [2.24, 2.45) is 0 Å². The Hall–Kier alpha value is -5.00. The number of aliphatic carboxylic acids is 1. The van der Waals surface area contributed by atoms with Crippen LogP contribution in [0.4, 0.5) is 23.4 Å². The highest BCUT2D eigenvalue weighted by Crippen LogP contribution is 2.34. The molecule has 218 valence electrons. The molecule has 1 aromatic heterocycles. The number of aromatic nitrogens is 2. The van der Waals surface area contributed by atoms with Gasteiger partial charge in [-0.15, -0.1) is 0 Å². The predicted molar refractivity (Wildman–Crippen MR) is 146 cm³/mol. The smallest absolute Gasteiger partial charge is 0.416 e. The Bertz CT molecular complexity index is 1570. The van der Waals surface area contributed by atoms with Gasteiger partial charge in [-0.1, -0.05) is 42.5 Å². The summed E-state index contributed by atoms with van der Waals surface area (Å²) in [6, 6.07) is 19.6. The average molecular weight is 583 g/mol. The van der Waals surface area contributed by atoms with Gasteiger partial charge in [0.1, 0.15) is 17.7 Å². The van der Waals surface area contributed by atoms with E-state index in [4.69, 9.17) is 0 Å². The number of hydrogen-bond acceptors (Lipinski definition) is 4. The van der Waals surface area contributed by atoms with Crippen molar-refractivity contribution < 1.29 is 37.1 Å². The van der Waals surface area contributed by atoms with E-state index < -0.39 is 42.0 Å². The molecular formula is C30H26F4N4O4. The number of fused-ring (bicyclic) bond motifs is 1. The first-order chi connectivity index (χ1) is 20.0. The van der Waals surface area contributed by atoms with Gasteiger partial charge in [0, 0.05) is 24.1 Å². The first-order valence-corrected chi connectivity index (χ1v) is 12.9. The molecule has 12 heteroatoms. The van der Waals surface area contributed by atoms with Crippen LogP contribution in [0.25, 0.3) is 5.69 Å². The minimum atomic E-state index is -4.62. The third-order valence-electron chi connectivity index (χ3n) is 6.39. The van der Waals surface area contributed by atoms with Gasteiger partial charge in [-0.25, -0.2) is 9.07 Å². The first kappa shape index (κ1) is 30.0. The third kappa shape index (κ3) is 6.82. The van der Waals surface area contributed by atoms with Crippen LogP contribution >= 0.6 is 0 Å². The Morgan fingerprint density at radius 2 is 1.64 bits per heavy atom. The van der Waals surface area contributed by atoms with Crippen LogP contribution in [0, 0.1) is 5.82 Å². The number of benzene rings is 3. The number of halogens is 4. The maximum atomic E-state index is 13.3. The summed E-state index contributed by atoms with van der Waals surface area (Å²) in [4.78, 5) is 38.9. The number of carbonyl (C=O) groups excluding carboxylic acids is 2. The second kappa shape index (κ2) is 12.7. The maximum Gasteiger partial charge on any atom is 0.416 e. The van der Waals surface area contributed by atoms with Gasteiger partial charge < -0.3 is 10.4 Å². The van der Waals surface area contributed by atoms with Gasteiger partial charge in [-0.3, -0.25) is 19.3 Å². The predicted octanol–water partition coefficient (Wildman–Crippen LogP) is 5.05. The van der Waals surface area contributed by atoms with E-state index in [2.05, 4.69) is 10.4 Å². The molecule has 5 rings (SSSR count). The van der Waals surface area contributed by atoms with Gasteiger partial charge in [0.15, 0.2) is 0 Å². The molecule has 0 saturated carbocycles. The van der Waals surface area contributed by atoms with E-state index >= 15 is 0 Å². The normalized spacial score (nSPS) is 14.5. The minimum Gasteiger partial charge on any atom is -0.481 e. The monoisotopic (exact) mass is 582 g/mol. The largest absolute Gasteiger partial charge is 0.481 e. The zero-order chi connectivity index (χ0) is 30.4. The SMILES string of the molecule is CCN1C(=O)C(NC(=O)c2cccc(C(F)(F)F)c2)Cc2c(CC(=O)O)nn(-c3ccccc3)c21.Fc1ccccc1. The second-order valence-corrected chi connectivity index (χ2v) is 9.25. The Kier molecular flexibility index (Phi) is 9.04. The van der Waals surface area contributed by atoms with Gasteiger partial charge >= 0.3 is 12.1 Å². The molecule has 0 spiro atoms. The zero-order valence-electron chi connectivity index (χ0n) is 22.3. The molecule has 1 unspecified atom stereocenters. The molecule has 1 aliphatic rings. The molecule has 1 atom stereocenters. The fraction of sp³-hybridized carbons (Fsp3) is 0.200. The van der Waals surface area contributed by atoms with Crippen molar-refractivity contribution in [1.82, 2.24) is 15.1 Å². The van der Waals surface area contributed by atoms with Gasteiger partial charge in [-0.2, -0.15) is 18.3 Å². The van der Waals surface area contributed by atoms with E-state index in [9.17, 15) is 37.1 Å². The lowest BCUT2D eigenvalue weighted by Gasteiger charge is -2.33. The molecule has 4 aromatic rings. The van der Waals surface area contributed by atoms with Crippen LogP contribution < -0.4 is 10.2 Å². The van der Waals surface area contributed by atoms with Crippen LogP contribution in [0.15, 0.2) is 84.9 Å². The number of nitrogens with zero attached hydrogens (tertiary/aromatic N) is 3. The number of rotatable bonds is 6. The average Bonchev–Trinajstić information content (AvgIpc) is 3.31. The van der Waals surface area contributed by atoms with Gasteiger partial charge in [0.05, 0.1) is 23.4 Å². The number of carboxylic acid groups (broad SMARTS) is 1. The highest BCUT2D eigenvalue weighted by molar-refractivity contribution is 6.04. The molecule has 0 radical (unpaired) electrons. The number of alkyl halides is 3. The number of nitrogens with one attached hydrogen (secondary N) is 1. The lowest BCUT2D eigenvalue weighted by atomic mass is 9.97. The Morgan fingerprint density at radius 1 is 1.00 bits per heavy atom. The quantitative estimate of drug-likeness (QED) is 0.310. The topological polar surface area (TPSA) is 105 Å². The molecule has 8 nitrogen and oxygen atoms in total. The van der Waals surface area contributed by atoms with Crippen molar-refractivity contribution >= 4 is 23.6 Å². The van der Waals surface area contributed by atoms with Crippen LogP contribution in [0.5, 0.6) is 0 Å². The van der Waals surface area contributed by atoms with Gasteiger partial charge in [0.25, 0.3) is 11.8 Å². The summed E-state index contributed by atoms with van der Waals surface area (Å²) in [5.41, 5.74) is 0.114. The number of amides is 2. The summed E-state index contributed by atoms with van der Waals surface area (Å²) in [5, 5.41) is 16.3. The molecule has 0 aliphatic carbocycles. The Morgan fingerprint density at radius 3 is 2.19 bits per heavy atom. The van der Waals surface area contributed by atoms with E-state index in [1.165, 1.54) is 27.8 Å². The van der Waals surface area contributed by atoms with Crippen LogP contribution in [-0.4, -0.2) is 45.3 Å². The van der Waals surface area contributed by atoms with Crippen molar-refractivity contribution in [2.45, 2.75) is 32.0 Å². The van der Waals surface area contributed by atoms with E-state index in [-0.39, 0.29) is 30.0 Å². The summed E-state index contributed by atoms with van der Waals surface area (Å²) in [7, 11) is 0. The van der Waals surface area contributed by atoms with E-state index in [0.717, 1.165) is 18.2 Å². The van der Waals surface area contributed by atoms with Crippen molar-refractivity contribution in [3.63, 3.8) is 0 Å². The zero-order valence-corrected chi connectivity index (χ0v) is 22.3. The van der Waals surface area contributed by atoms with Crippen molar-refractivity contribution in [3.05, 3.63) is 113 Å². The highest BCUT2D eigenvalue weighted by Gasteiger charge is 2.39. The molecule has 1 aliphatic heterocycles.